The van der Waals surface area contributed by atoms with Gasteiger partial charge in [-0.25, -0.2) is 4.79 Å². The fourth-order valence-electron chi connectivity index (χ4n) is 2.46. The summed E-state index contributed by atoms with van der Waals surface area (Å²) in [5, 5.41) is 2.80. The van der Waals surface area contributed by atoms with Crippen molar-refractivity contribution < 1.29 is 23.8 Å². The van der Waals surface area contributed by atoms with Crippen LogP contribution in [-0.2, 0) is 9.53 Å². The molecule has 3 rings (SSSR count). The maximum Gasteiger partial charge on any atom is 0.338 e. The van der Waals surface area contributed by atoms with Gasteiger partial charge in [0, 0.05) is 0 Å². The molecule has 6 nitrogen and oxygen atoms in total. The van der Waals surface area contributed by atoms with Gasteiger partial charge in [-0.1, -0.05) is 29.8 Å². The number of carbonyl (C=O) groups is 2. The van der Waals surface area contributed by atoms with E-state index in [1.807, 2.05) is 38.1 Å². The van der Waals surface area contributed by atoms with Crippen LogP contribution < -0.4 is 14.8 Å². The van der Waals surface area contributed by atoms with E-state index >= 15 is 0 Å². The normalized spacial score (nSPS) is 13.2. The van der Waals surface area contributed by atoms with Gasteiger partial charge < -0.3 is 19.5 Å². The first-order chi connectivity index (χ1) is 12.0. The minimum absolute atomic E-state index is 0.132. The zero-order valence-electron chi connectivity index (χ0n) is 14.1. The fraction of sp³-hybridized carbons (Fsp3) is 0.263. The van der Waals surface area contributed by atoms with Crippen LogP contribution >= 0.6 is 0 Å². The molecule has 1 aliphatic rings. The molecule has 1 heterocycles. The summed E-state index contributed by atoms with van der Waals surface area (Å²) < 4.78 is 15.5. The Morgan fingerprint density at radius 2 is 1.84 bits per heavy atom. The minimum Gasteiger partial charge on any atom is -0.454 e. The number of amides is 1. The Hall–Kier alpha value is -3.02. The second kappa shape index (κ2) is 7.25. The molecule has 1 amide bonds. The Labute approximate surface area is 145 Å². The number of fused-ring (bicyclic) bond motifs is 1. The van der Waals surface area contributed by atoms with Crippen molar-refractivity contribution in [3.63, 3.8) is 0 Å². The van der Waals surface area contributed by atoms with Crippen LogP contribution in [0, 0.1) is 6.92 Å². The molecule has 0 radical (unpaired) electrons. The van der Waals surface area contributed by atoms with Crippen molar-refractivity contribution in [2.24, 2.45) is 0 Å². The summed E-state index contributed by atoms with van der Waals surface area (Å²) in [5.41, 5.74) is 2.45. The number of benzene rings is 2. The highest BCUT2D eigenvalue weighted by atomic mass is 16.7. The first-order valence-electron chi connectivity index (χ1n) is 7.95. The van der Waals surface area contributed by atoms with Crippen LogP contribution in [0.3, 0.4) is 0 Å². The third kappa shape index (κ3) is 4.09. The molecule has 0 aromatic heterocycles. The Morgan fingerprint density at radius 3 is 2.60 bits per heavy atom. The van der Waals surface area contributed by atoms with Crippen LogP contribution in [0.25, 0.3) is 0 Å². The van der Waals surface area contributed by atoms with Crippen LogP contribution in [-0.4, -0.2) is 25.3 Å². The summed E-state index contributed by atoms with van der Waals surface area (Å²) in [6, 6.07) is 12.5. The number of rotatable bonds is 5. The molecule has 1 N–H and O–H groups in total. The van der Waals surface area contributed by atoms with E-state index in [0.717, 1.165) is 11.1 Å². The van der Waals surface area contributed by atoms with Crippen LogP contribution in [0.1, 0.15) is 34.5 Å². The van der Waals surface area contributed by atoms with Crippen molar-refractivity contribution in [2.75, 3.05) is 13.4 Å². The standard InChI is InChI=1S/C19H19NO5/c1-12-3-5-14(6-4-12)13(2)20-18(21)10-23-19(22)15-7-8-16-17(9-15)25-11-24-16/h3-9,13H,10-11H2,1-2H3,(H,20,21)/t13-/m1/s1. The Morgan fingerprint density at radius 1 is 1.12 bits per heavy atom. The third-order valence-corrected chi connectivity index (χ3v) is 3.90. The maximum atomic E-state index is 12.0. The van der Waals surface area contributed by atoms with Crippen molar-refractivity contribution in [3.8, 4) is 11.5 Å². The van der Waals surface area contributed by atoms with Crippen molar-refractivity contribution in [3.05, 3.63) is 59.2 Å². The topological polar surface area (TPSA) is 73.9 Å². The average molecular weight is 341 g/mol. The van der Waals surface area contributed by atoms with Gasteiger partial charge in [-0.05, 0) is 37.6 Å². The molecule has 2 aromatic carbocycles. The third-order valence-electron chi connectivity index (χ3n) is 3.90. The second-order valence-corrected chi connectivity index (χ2v) is 5.84. The molecular weight excluding hydrogens is 322 g/mol. The van der Waals surface area contributed by atoms with Crippen molar-refractivity contribution in [2.45, 2.75) is 19.9 Å². The number of hydrogen-bond acceptors (Lipinski definition) is 5. The van der Waals surface area contributed by atoms with Crippen molar-refractivity contribution >= 4 is 11.9 Å². The van der Waals surface area contributed by atoms with Gasteiger partial charge in [0.2, 0.25) is 6.79 Å². The highest BCUT2D eigenvalue weighted by molar-refractivity contribution is 5.92. The van der Waals surface area contributed by atoms with Crippen LogP contribution in [0.15, 0.2) is 42.5 Å². The van der Waals surface area contributed by atoms with Gasteiger partial charge >= 0.3 is 5.97 Å². The van der Waals surface area contributed by atoms with E-state index in [-0.39, 0.29) is 25.3 Å². The molecule has 0 unspecified atom stereocenters. The molecule has 1 atom stereocenters. The highest BCUT2D eigenvalue weighted by Crippen LogP contribution is 2.32. The lowest BCUT2D eigenvalue weighted by Gasteiger charge is -2.14. The van der Waals surface area contributed by atoms with Gasteiger partial charge in [0.15, 0.2) is 18.1 Å². The minimum atomic E-state index is -0.587. The molecule has 0 fully saturated rings. The highest BCUT2D eigenvalue weighted by Gasteiger charge is 2.18. The van der Waals surface area contributed by atoms with Gasteiger partial charge in [0.1, 0.15) is 0 Å². The summed E-state index contributed by atoms with van der Waals surface area (Å²) in [5.74, 6) is 0.131. The molecule has 0 bridgehead atoms. The Kier molecular flexibility index (Phi) is 4.88. The van der Waals surface area contributed by atoms with Gasteiger partial charge in [0.25, 0.3) is 5.91 Å². The summed E-state index contributed by atoms with van der Waals surface area (Å²) in [4.78, 5) is 24.0. The lowest BCUT2D eigenvalue weighted by molar-refractivity contribution is -0.124. The monoisotopic (exact) mass is 341 g/mol. The largest absolute Gasteiger partial charge is 0.454 e. The average Bonchev–Trinajstić information content (AvgIpc) is 3.07. The van der Waals surface area contributed by atoms with E-state index in [4.69, 9.17) is 14.2 Å². The number of aryl methyl sites for hydroxylation is 1. The number of ether oxygens (including phenoxy) is 3. The predicted octanol–water partition coefficient (Wildman–Crippen LogP) is 2.76. The lowest BCUT2D eigenvalue weighted by Crippen LogP contribution is -2.31. The fourth-order valence-corrected chi connectivity index (χ4v) is 2.46. The van der Waals surface area contributed by atoms with Gasteiger partial charge in [0.05, 0.1) is 11.6 Å². The molecule has 0 saturated heterocycles. The van der Waals surface area contributed by atoms with E-state index in [0.29, 0.717) is 17.1 Å². The molecule has 25 heavy (non-hydrogen) atoms. The van der Waals surface area contributed by atoms with Crippen LogP contribution in [0.5, 0.6) is 11.5 Å². The first-order valence-corrected chi connectivity index (χ1v) is 7.95. The van der Waals surface area contributed by atoms with Crippen LogP contribution in [0.4, 0.5) is 0 Å². The second-order valence-electron chi connectivity index (χ2n) is 5.84. The molecular formula is C19H19NO5. The Bertz CT molecular complexity index is 785. The van der Waals surface area contributed by atoms with Crippen molar-refractivity contribution in [1.82, 2.24) is 5.32 Å². The van der Waals surface area contributed by atoms with Gasteiger partial charge in [-0.3, -0.25) is 4.79 Å². The smallest absolute Gasteiger partial charge is 0.338 e. The summed E-state index contributed by atoms with van der Waals surface area (Å²) in [6.07, 6.45) is 0. The molecule has 2 aromatic rings. The zero-order valence-corrected chi connectivity index (χ0v) is 14.1. The molecule has 0 spiro atoms. The van der Waals surface area contributed by atoms with E-state index in [1.54, 1.807) is 12.1 Å². The lowest BCUT2D eigenvalue weighted by atomic mass is 10.1. The van der Waals surface area contributed by atoms with E-state index in [1.165, 1.54) is 6.07 Å². The summed E-state index contributed by atoms with van der Waals surface area (Å²) in [6.45, 7) is 3.67. The van der Waals surface area contributed by atoms with E-state index in [2.05, 4.69) is 5.32 Å². The number of nitrogens with one attached hydrogen (secondary N) is 1. The molecule has 1 aliphatic heterocycles. The Balaban J connectivity index is 1.51. The first kappa shape index (κ1) is 16.8. The van der Waals surface area contributed by atoms with Gasteiger partial charge in [-0.15, -0.1) is 0 Å². The van der Waals surface area contributed by atoms with E-state index < -0.39 is 5.97 Å². The summed E-state index contributed by atoms with van der Waals surface area (Å²) in [7, 11) is 0. The summed E-state index contributed by atoms with van der Waals surface area (Å²) >= 11 is 0. The number of esters is 1. The number of hydrogen-bond donors (Lipinski definition) is 1. The number of carbonyl (C=O) groups excluding carboxylic acids is 2. The van der Waals surface area contributed by atoms with E-state index in [9.17, 15) is 9.59 Å². The molecule has 6 heteroatoms. The predicted molar refractivity (Wildman–Crippen MR) is 90.6 cm³/mol. The molecule has 130 valence electrons. The quantitative estimate of drug-likeness (QED) is 0.847. The zero-order chi connectivity index (χ0) is 17.8. The van der Waals surface area contributed by atoms with Crippen LogP contribution in [0.2, 0.25) is 0 Å². The van der Waals surface area contributed by atoms with Gasteiger partial charge in [-0.2, -0.15) is 0 Å². The molecule has 0 aliphatic carbocycles. The molecule has 0 saturated carbocycles. The maximum absolute atomic E-state index is 12.0. The van der Waals surface area contributed by atoms with Crippen molar-refractivity contribution in [1.29, 1.82) is 0 Å². The SMILES string of the molecule is Cc1ccc([C@@H](C)NC(=O)COC(=O)c2ccc3c(c2)OCO3)cc1.